The molecule has 0 aromatic carbocycles. The van der Waals surface area contributed by atoms with E-state index in [0.29, 0.717) is 24.8 Å². The van der Waals surface area contributed by atoms with Crippen LogP contribution in [0, 0.1) is 5.92 Å². The second-order valence-electron chi connectivity index (χ2n) is 9.14. The highest BCUT2D eigenvalue weighted by Gasteiger charge is 2.34. The monoisotopic (exact) mass is 479 g/mol. The number of amidine groups is 1. The molecule has 0 aromatic rings. The van der Waals surface area contributed by atoms with E-state index in [-0.39, 0.29) is 5.71 Å². The summed E-state index contributed by atoms with van der Waals surface area (Å²) in [6.45, 7) is 17.3. The van der Waals surface area contributed by atoms with Gasteiger partial charge in [0.15, 0.2) is 11.5 Å². The van der Waals surface area contributed by atoms with Crippen molar-refractivity contribution >= 4 is 23.5 Å². The molecule has 0 spiro atoms. The lowest BCUT2D eigenvalue weighted by Gasteiger charge is -2.35. The highest BCUT2D eigenvalue weighted by Crippen LogP contribution is 2.19. The summed E-state index contributed by atoms with van der Waals surface area (Å²) in [5.74, 6) is 0.215. The van der Waals surface area contributed by atoms with E-state index in [2.05, 4.69) is 78.3 Å². The van der Waals surface area contributed by atoms with Crippen LogP contribution in [-0.2, 0) is 4.79 Å². The average molecular weight is 480 g/mol. The Morgan fingerprint density at radius 1 is 1.14 bits per heavy atom. The third-order valence-electron chi connectivity index (χ3n) is 6.10. The molecule has 1 N–H and O–H groups in total. The van der Waals surface area contributed by atoms with Crippen LogP contribution in [0.15, 0.2) is 69.0 Å². The van der Waals surface area contributed by atoms with Crippen molar-refractivity contribution in [3.63, 3.8) is 0 Å². The molecule has 7 nitrogen and oxygen atoms in total. The molecule has 1 atom stereocenters. The van der Waals surface area contributed by atoms with E-state index in [1.807, 2.05) is 31.7 Å². The van der Waals surface area contributed by atoms with Crippen LogP contribution in [0.5, 0.6) is 0 Å². The van der Waals surface area contributed by atoms with Crippen LogP contribution in [0.2, 0.25) is 0 Å². The molecule has 2 heterocycles. The maximum absolute atomic E-state index is 12.6. The summed E-state index contributed by atoms with van der Waals surface area (Å²) in [6, 6.07) is -0.638. The van der Waals surface area contributed by atoms with Gasteiger partial charge in [-0.3, -0.25) is 10.1 Å². The zero-order valence-electron chi connectivity index (χ0n) is 22.4. The van der Waals surface area contributed by atoms with Crippen molar-refractivity contribution in [1.82, 2.24) is 15.1 Å². The van der Waals surface area contributed by atoms with E-state index in [0.717, 1.165) is 37.2 Å². The third kappa shape index (κ3) is 8.19. The van der Waals surface area contributed by atoms with E-state index in [1.54, 1.807) is 0 Å². The zero-order chi connectivity index (χ0) is 26.0. The van der Waals surface area contributed by atoms with Gasteiger partial charge in [-0.1, -0.05) is 55.4 Å². The van der Waals surface area contributed by atoms with Crippen molar-refractivity contribution in [2.45, 2.75) is 61.3 Å². The van der Waals surface area contributed by atoms with Gasteiger partial charge in [0, 0.05) is 25.3 Å². The highest BCUT2D eigenvalue weighted by atomic mass is 16.2. The van der Waals surface area contributed by atoms with Crippen molar-refractivity contribution in [1.29, 1.82) is 0 Å². The lowest BCUT2D eigenvalue weighted by molar-refractivity contribution is -0.113. The van der Waals surface area contributed by atoms with E-state index >= 15 is 0 Å². The standard InChI is InChI=1S/C28H41N5O2/c1-8-11-12-14-32(24(10-3)17-21(6)13-9-2)15-16-33-19-23(18-22(7)20(4)5)29-25-26(33)30-28(35)31-27(25)34/h8-9,11,13,17-18,21H,10,12,14-16,19H2,1-7H3,(H,31,34,35)/b11-8-,13-9?,23-18+,24-17+. The van der Waals surface area contributed by atoms with Crippen molar-refractivity contribution in [3.8, 4) is 0 Å². The number of allylic oxidation sites excluding steroid dienone is 8. The van der Waals surface area contributed by atoms with Crippen molar-refractivity contribution in [2.75, 3.05) is 26.2 Å². The summed E-state index contributed by atoms with van der Waals surface area (Å²) >= 11 is 0. The van der Waals surface area contributed by atoms with E-state index in [1.165, 1.54) is 11.3 Å². The van der Waals surface area contributed by atoms with Gasteiger partial charge in [-0.15, -0.1) is 0 Å². The molecule has 2 rings (SSSR count). The number of carbonyl (C=O) groups excluding carboxylic acids is 2. The maximum Gasteiger partial charge on any atom is 0.349 e. The molecule has 3 amide bonds. The summed E-state index contributed by atoms with van der Waals surface area (Å²) < 4.78 is 0. The number of imide groups is 1. The van der Waals surface area contributed by atoms with Crippen molar-refractivity contribution in [3.05, 3.63) is 59.0 Å². The molecule has 7 heteroatoms. The first-order chi connectivity index (χ1) is 16.7. The number of amides is 3. The second kappa shape index (κ2) is 13.6. The minimum atomic E-state index is -0.638. The molecule has 0 aromatic heterocycles. The van der Waals surface area contributed by atoms with Gasteiger partial charge >= 0.3 is 6.03 Å². The molecule has 2 aliphatic rings. The fraction of sp³-hybridized carbons (Fsp3) is 0.500. The molecule has 0 radical (unpaired) electrons. The quantitative estimate of drug-likeness (QED) is 0.402. The van der Waals surface area contributed by atoms with E-state index < -0.39 is 11.9 Å². The average Bonchev–Trinajstić information content (AvgIpc) is 2.80. The number of hydrogen-bond donors (Lipinski definition) is 1. The molecular formula is C28H41N5O2. The molecule has 2 aliphatic heterocycles. The Hall–Kier alpha value is -3.22. The predicted molar refractivity (Wildman–Crippen MR) is 145 cm³/mol. The van der Waals surface area contributed by atoms with Gasteiger partial charge in [-0.2, -0.15) is 4.99 Å². The van der Waals surface area contributed by atoms with Crippen molar-refractivity contribution in [2.24, 2.45) is 15.9 Å². The smallest absolute Gasteiger partial charge is 0.349 e. The predicted octanol–water partition coefficient (Wildman–Crippen LogP) is 5.41. The Kier molecular flexibility index (Phi) is 10.9. The molecule has 0 fully saturated rings. The van der Waals surface area contributed by atoms with Crippen LogP contribution in [0.1, 0.15) is 61.3 Å². The highest BCUT2D eigenvalue weighted by molar-refractivity contribution is 6.69. The number of carbonyl (C=O) groups is 2. The molecule has 1 unspecified atom stereocenters. The number of fused-ring (bicyclic) bond motifs is 1. The lowest BCUT2D eigenvalue weighted by Crippen LogP contribution is -2.54. The second-order valence-corrected chi connectivity index (χ2v) is 9.14. The van der Waals surface area contributed by atoms with Crippen LogP contribution in [0.25, 0.3) is 0 Å². The van der Waals surface area contributed by atoms with Gasteiger partial charge in [-0.25, -0.2) is 9.79 Å². The van der Waals surface area contributed by atoms with Gasteiger partial charge < -0.3 is 9.80 Å². The third-order valence-corrected chi connectivity index (χ3v) is 6.10. The Morgan fingerprint density at radius 2 is 1.89 bits per heavy atom. The van der Waals surface area contributed by atoms with Gasteiger partial charge in [0.05, 0.1) is 12.2 Å². The van der Waals surface area contributed by atoms with Crippen LogP contribution >= 0.6 is 0 Å². The maximum atomic E-state index is 12.6. The fourth-order valence-corrected chi connectivity index (χ4v) is 4.01. The zero-order valence-corrected chi connectivity index (χ0v) is 22.4. The SMILES string of the molecule is CC=CC(C)/C=C(\CC)N(CC/C=C\C)CCN1C/C(=C\C(C)=C(C)C)N=C2C(=O)NC(=O)N=C21. The Balaban J connectivity index is 2.36. The van der Waals surface area contributed by atoms with Gasteiger partial charge in [0.25, 0.3) is 5.91 Å². The van der Waals surface area contributed by atoms with Crippen LogP contribution in [-0.4, -0.2) is 59.5 Å². The number of urea groups is 1. The minimum Gasteiger partial charge on any atom is -0.373 e. The first-order valence-corrected chi connectivity index (χ1v) is 12.5. The molecule has 0 saturated carbocycles. The molecule has 0 aliphatic carbocycles. The van der Waals surface area contributed by atoms with Gasteiger partial charge in [-0.05, 0) is 59.5 Å². The summed E-state index contributed by atoms with van der Waals surface area (Å²) in [5.41, 5.74) is 4.59. The molecule has 35 heavy (non-hydrogen) atoms. The Morgan fingerprint density at radius 3 is 2.51 bits per heavy atom. The lowest BCUT2D eigenvalue weighted by atomic mass is 10.1. The molecule has 0 saturated heterocycles. The first-order valence-electron chi connectivity index (χ1n) is 12.5. The first kappa shape index (κ1) is 28.0. The normalized spacial score (nSPS) is 18.5. The summed E-state index contributed by atoms with van der Waals surface area (Å²) in [4.78, 5) is 37.7. The number of nitrogens with one attached hydrogen (secondary N) is 1. The fourth-order valence-electron chi connectivity index (χ4n) is 4.01. The van der Waals surface area contributed by atoms with Gasteiger partial charge in [0.1, 0.15) is 0 Å². The van der Waals surface area contributed by atoms with Crippen LogP contribution < -0.4 is 5.32 Å². The minimum absolute atomic E-state index is 0.206. The topological polar surface area (TPSA) is 77.4 Å². The largest absolute Gasteiger partial charge is 0.373 e. The van der Waals surface area contributed by atoms with Gasteiger partial charge in [0.2, 0.25) is 0 Å². The summed E-state index contributed by atoms with van der Waals surface area (Å²) in [7, 11) is 0. The number of nitrogens with zero attached hydrogens (tertiary/aromatic N) is 4. The van der Waals surface area contributed by atoms with Crippen LogP contribution in [0.3, 0.4) is 0 Å². The Bertz CT molecular complexity index is 1010. The summed E-state index contributed by atoms with van der Waals surface area (Å²) in [5, 5.41) is 2.26. The number of aliphatic imine (C=N–C) groups is 2. The molecular weight excluding hydrogens is 438 g/mol. The van der Waals surface area contributed by atoms with E-state index in [4.69, 9.17) is 0 Å². The van der Waals surface area contributed by atoms with E-state index in [9.17, 15) is 9.59 Å². The number of rotatable bonds is 11. The summed E-state index contributed by atoms with van der Waals surface area (Å²) in [6.07, 6.45) is 14.7. The van der Waals surface area contributed by atoms with Crippen LogP contribution in [0.4, 0.5) is 4.79 Å². The van der Waals surface area contributed by atoms with Crippen molar-refractivity contribution < 1.29 is 9.59 Å². The Labute approximate surface area is 210 Å². The number of hydrogen-bond acceptors (Lipinski definition) is 5. The molecule has 190 valence electrons. The molecule has 0 bridgehead atoms.